The first-order chi connectivity index (χ1) is 11.0. The maximum Gasteiger partial charge on any atom is 0.307 e. The molecule has 0 radical (unpaired) electrons. The molecule has 132 valence electrons. The predicted molar refractivity (Wildman–Crippen MR) is 88.9 cm³/mol. The first-order valence-corrected chi connectivity index (χ1v) is 8.55. The number of hydrogen-bond donors (Lipinski definition) is 4. The van der Waals surface area contributed by atoms with Crippen LogP contribution in [0, 0.1) is 11.8 Å². The summed E-state index contributed by atoms with van der Waals surface area (Å²) in [7, 11) is 0. The lowest BCUT2D eigenvalue weighted by Crippen LogP contribution is -2.20. The molecule has 23 heavy (non-hydrogen) atoms. The van der Waals surface area contributed by atoms with Crippen LogP contribution in [0.5, 0.6) is 0 Å². The van der Waals surface area contributed by atoms with E-state index in [1.807, 2.05) is 6.08 Å². The lowest BCUT2D eigenvalue weighted by molar-refractivity contribution is -0.136. The van der Waals surface area contributed by atoms with Gasteiger partial charge < -0.3 is 20.4 Å². The second kappa shape index (κ2) is 10.6. The minimum Gasteiger partial charge on any atom is -0.481 e. The zero-order chi connectivity index (χ0) is 17.2. The Kier molecular flexibility index (Phi) is 9.14. The van der Waals surface area contributed by atoms with Crippen LogP contribution in [0.4, 0.5) is 0 Å². The van der Waals surface area contributed by atoms with Gasteiger partial charge in [0.25, 0.3) is 0 Å². The highest BCUT2D eigenvalue weighted by Crippen LogP contribution is 2.36. The number of allylic oxidation sites excluding steroid dienone is 1. The average Bonchev–Trinajstić information content (AvgIpc) is 2.75. The largest absolute Gasteiger partial charge is 0.481 e. The van der Waals surface area contributed by atoms with Gasteiger partial charge in [-0.25, -0.2) is 0 Å². The van der Waals surface area contributed by atoms with Gasteiger partial charge in [-0.1, -0.05) is 50.5 Å². The zero-order valence-corrected chi connectivity index (χ0v) is 13.8. The molecule has 5 heteroatoms. The Bertz CT molecular complexity index is 404. The molecule has 0 aromatic heterocycles. The Morgan fingerprint density at radius 2 is 1.96 bits per heavy atom. The Hall–Kier alpha value is -1.17. The third kappa shape index (κ3) is 7.29. The average molecular weight is 326 g/mol. The number of carboxylic acid groups (broad SMARTS) is 1. The maximum absolute atomic E-state index is 10.5. The predicted octanol–water partition coefficient (Wildman–Crippen LogP) is 2.26. The summed E-state index contributed by atoms with van der Waals surface area (Å²) >= 11 is 0. The molecule has 5 atom stereocenters. The molecule has 1 aliphatic rings. The highest BCUT2D eigenvalue weighted by Gasteiger charge is 2.39. The molecular formula is C18H30O5. The Morgan fingerprint density at radius 1 is 1.22 bits per heavy atom. The summed E-state index contributed by atoms with van der Waals surface area (Å²) in [5, 5.41) is 38.7. The summed E-state index contributed by atoms with van der Waals surface area (Å²) in [4.78, 5) is 10.5. The summed E-state index contributed by atoms with van der Waals surface area (Å²) in [6, 6.07) is 0. The molecule has 0 aromatic carbocycles. The number of rotatable bonds is 10. The molecule has 0 amide bonds. The van der Waals surface area contributed by atoms with Crippen LogP contribution in [0.3, 0.4) is 0 Å². The van der Waals surface area contributed by atoms with E-state index in [0.29, 0.717) is 19.3 Å². The number of aliphatic hydroxyl groups is 3. The molecule has 0 heterocycles. The molecule has 5 nitrogen and oxygen atoms in total. The van der Waals surface area contributed by atoms with E-state index in [4.69, 9.17) is 5.11 Å². The summed E-state index contributed by atoms with van der Waals surface area (Å²) < 4.78 is 0. The van der Waals surface area contributed by atoms with E-state index in [2.05, 4.69) is 6.92 Å². The standard InChI is InChI=1S/C18H30O5/c1-2-3-4-7-13(19)10-11-15-14(16(20)12-17(15)21)8-5-6-9-18(22)23/h5-6,10-11,13-17,19-21H,2-4,7-9,12H2,1H3,(H,22,23)/b6-5-,11-10+/t13-,14+,15+,16+,17-/m0/s1. The first-order valence-electron chi connectivity index (χ1n) is 8.55. The molecule has 0 saturated heterocycles. The number of hydrogen-bond acceptors (Lipinski definition) is 4. The van der Waals surface area contributed by atoms with Crippen LogP contribution in [0.2, 0.25) is 0 Å². The fourth-order valence-electron chi connectivity index (χ4n) is 3.10. The maximum atomic E-state index is 10.5. The van der Waals surface area contributed by atoms with Gasteiger partial charge >= 0.3 is 5.97 Å². The zero-order valence-electron chi connectivity index (χ0n) is 13.8. The van der Waals surface area contributed by atoms with Crippen molar-refractivity contribution in [3.63, 3.8) is 0 Å². The molecule has 0 aliphatic heterocycles. The minimum atomic E-state index is -0.889. The second-order valence-electron chi connectivity index (χ2n) is 6.36. The van der Waals surface area contributed by atoms with E-state index in [1.165, 1.54) is 0 Å². The van der Waals surface area contributed by atoms with Crippen molar-refractivity contribution in [1.82, 2.24) is 0 Å². The van der Waals surface area contributed by atoms with Gasteiger partial charge in [0.15, 0.2) is 0 Å². The molecule has 0 aromatic rings. The van der Waals surface area contributed by atoms with Crippen molar-refractivity contribution in [3.05, 3.63) is 24.3 Å². The third-order valence-corrected chi connectivity index (χ3v) is 4.44. The topological polar surface area (TPSA) is 98.0 Å². The molecule has 0 bridgehead atoms. The van der Waals surface area contributed by atoms with Crippen molar-refractivity contribution < 1.29 is 25.2 Å². The Morgan fingerprint density at radius 3 is 2.61 bits per heavy atom. The summed E-state index contributed by atoms with van der Waals surface area (Å²) in [5.41, 5.74) is 0. The van der Waals surface area contributed by atoms with Crippen LogP contribution in [0.15, 0.2) is 24.3 Å². The van der Waals surface area contributed by atoms with E-state index >= 15 is 0 Å². The molecule has 1 rings (SSSR count). The normalized spacial score (nSPS) is 29.6. The minimum absolute atomic E-state index is 0.0397. The molecule has 4 N–H and O–H groups in total. The van der Waals surface area contributed by atoms with E-state index < -0.39 is 24.3 Å². The van der Waals surface area contributed by atoms with Crippen molar-refractivity contribution in [2.45, 2.75) is 70.2 Å². The van der Waals surface area contributed by atoms with Gasteiger partial charge in [0.1, 0.15) is 0 Å². The summed E-state index contributed by atoms with van der Waals surface area (Å²) in [5.74, 6) is -1.24. The summed E-state index contributed by atoms with van der Waals surface area (Å²) in [6.07, 6.45) is 9.77. The van der Waals surface area contributed by atoms with Crippen molar-refractivity contribution in [3.8, 4) is 0 Å². The van der Waals surface area contributed by atoms with Gasteiger partial charge in [-0.05, 0) is 18.8 Å². The van der Waals surface area contributed by atoms with Crippen molar-refractivity contribution in [2.75, 3.05) is 0 Å². The fraction of sp³-hybridized carbons (Fsp3) is 0.722. The highest BCUT2D eigenvalue weighted by atomic mass is 16.4. The first kappa shape index (κ1) is 19.9. The number of aliphatic hydroxyl groups excluding tert-OH is 3. The van der Waals surface area contributed by atoms with E-state index in [-0.39, 0.29) is 18.3 Å². The molecule has 1 fully saturated rings. The van der Waals surface area contributed by atoms with Gasteiger partial charge in [-0.2, -0.15) is 0 Å². The van der Waals surface area contributed by atoms with Crippen LogP contribution in [0.25, 0.3) is 0 Å². The van der Waals surface area contributed by atoms with Crippen molar-refractivity contribution in [1.29, 1.82) is 0 Å². The number of carboxylic acids is 1. The Labute approximate surface area is 138 Å². The van der Waals surface area contributed by atoms with E-state index in [9.17, 15) is 20.1 Å². The highest BCUT2D eigenvalue weighted by molar-refractivity contribution is 5.68. The summed E-state index contributed by atoms with van der Waals surface area (Å²) in [6.45, 7) is 2.11. The Balaban J connectivity index is 2.54. The van der Waals surface area contributed by atoms with Gasteiger partial charge in [-0.15, -0.1) is 0 Å². The quantitative estimate of drug-likeness (QED) is 0.365. The number of carbonyl (C=O) groups is 1. The molecule has 0 spiro atoms. The van der Waals surface area contributed by atoms with Crippen LogP contribution < -0.4 is 0 Å². The van der Waals surface area contributed by atoms with Crippen LogP contribution in [-0.2, 0) is 4.79 Å². The fourth-order valence-corrected chi connectivity index (χ4v) is 3.10. The third-order valence-electron chi connectivity index (χ3n) is 4.44. The SMILES string of the molecule is CCCCC[C@H](O)/C=C/[C@@H]1[C@@H](C/C=C\CC(=O)O)[C@H](O)C[C@@H]1O. The van der Waals surface area contributed by atoms with Crippen LogP contribution in [-0.4, -0.2) is 44.7 Å². The lowest BCUT2D eigenvalue weighted by atomic mass is 9.89. The number of unbranched alkanes of at least 4 members (excludes halogenated alkanes) is 2. The van der Waals surface area contributed by atoms with Gasteiger partial charge in [0.2, 0.25) is 0 Å². The van der Waals surface area contributed by atoms with E-state index in [1.54, 1.807) is 18.2 Å². The molecule has 1 aliphatic carbocycles. The lowest BCUT2D eigenvalue weighted by Gasteiger charge is -2.19. The van der Waals surface area contributed by atoms with Crippen molar-refractivity contribution in [2.24, 2.45) is 11.8 Å². The second-order valence-corrected chi connectivity index (χ2v) is 6.36. The smallest absolute Gasteiger partial charge is 0.307 e. The van der Waals surface area contributed by atoms with Gasteiger partial charge in [-0.3, -0.25) is 4.79 Å². The monoisotopic (exact) mass is 326 g/mol. The van der Waals surface area contributed by atoms with Crippen molar-refractivity contribution >= 4 is 5.97 Å². The number of aliphatic carboxylic acids is 1. The molecule has 1 saturated carbocycles. The van der Waals surface area contributed by atoms with Gasteiger partial charge in [0, 0.05) is 12.3 Å². The molecular weight excluding hydrogens is 296 g/mol. The van der Waals surface area contributed by atoms with Gasteiger partial charge in [0.05, 0.1) is 24.7 Å². The molecule has 0 unspecified atom stereocenters. The van der Waals surface area contributed by atoms with Crippen LogP contribution in [0.1, 0.15) is 51.9 Å². The van der Waals surface area contributed by atoms with E-state index in [0.717, 1.165) is 19.3 Å². The van der Waals surface area contributed by atoms with Crippen LogP contribution >= 0.6 is 0 Å².